The van der Waals surface area contributed by atoms with Gasteiger partial charge in [-0.15, -0.1) is 10.2 Å². The summed E-state index contributed by atoms with van der Waals surface area (Å²) in [6.45, 7) is 4.98. The van der Waals surface area contributed by atoms with Gasteiger partial charge in [0.05, 0.1) is 12.0 Å². The molecule has 0 spiro atoms. The zero-order valence-corrected chi connectivity index (χ0v) is 15.6. The number of carbonyl (C=O) groups excluding carboxylic acids is 2. The summed E-state index contributed by atoms with van der Waals surface area (Å²) in [6, 6.07) is 4.49. The van der Waals surface area contributed by atoms with Crippen molar-refractivity contribution in [3.05, 3.63) is 35.7 Å². The number of aromatic nitrogens is 2. The van der Waals surface area contributed by atoms with E-state index in [1.807, 2.05) is 0 Å². The van der Waals surface area contributed by atoms with E-state index in [-0.39, 0.29) is 30.2 Å². The molecule has 0 aliphatic carbocycles. The number of aryl methyl sites for hydroxylation is 1. The molecule has 0 aliphatic heterocycles. The first-order valence-corrected chi connectivity index (χ1v) is 8.41. The third kappa shape index (κ3) is 6.67. The van der Waals surface area contributed by atoms with E-state index in [0.717, 1.165) is 12.1 Å². The average molecular weight is 399 g/mol. The number of rotatable bonds is 6. The first-order valence-electron chi connectivity index (χ1n) is 8.41. The van der Waals surface area contributed by atoms with E-state index < -0.39 is 35.8 Å². The van der Waals surface area contributed by atoms with Crippen molar-refractivity contribution in [1.82, 2.24) is 15.5 Å². The summed E-state index contributed by atoms with van der Waals surface area (Å²) in [6.07, 6.45) is -4.57. The van der Waals surface area contributed by atoms with E-state index in [9.17, 15) is 22.8 Å². The molecule has 0 unspecified atom stereocenters. The van der Waals surface area contributed by atoms with Crippen LogP contribution in [0.4, 0.5) is 13.2 Å². The van der Waals surface area contributed by atoms with Crippen LogP contribution < -0.4 is 5.32 Å². The molecule has 0 saturated heterocycles. The van der Waals surface area contributed by atoms with Crippen molar-refractivity contribution >= 4 is 11.9 Å². The van der Waals surface area contributed by atoms with Gasteiger partial charge < -0.3 is 14.5 Å². The molecule has 2 aromatic rings. The lowest BCUT2D eigenvalue weighted by Crippen LogP contribution is -2.42. The van der Waals surface area contributed by atoms with Crippen molar-refractivity contribution in [3.8, 4) is 11.5 Å². The lowest BCUT2D eigenvalue weighted by atomic mass is 10.1. The Kier molecular flexibility index (Phi) is 6.42. The van der Waals surface area contributed by atoms with Crippen molar-refractivity contribution in [1.29, 1.82) is 0 Å². The average Bonchev–Trinajstić information content (AvgIpc) is 3.05. The lowest BCUT2D eigenvalue weighted by Gasteiger charge is -2.20. The molecule has 152 valence electrons. The summed E-state index contributed by atoms with van der Waals surface area (Å²) in [5, 5.41) is 10.1. The highest BCUT2D eigenvalue weighted by atomic mass is 19.4. The molecular formula is C18H20F3N3O4. The van der Waals surface area contributed by atoms with E-state index in [0.29, 0.717) is 0 Å². The van der Waals surface area contributed by atoms with Crippen LogP contribution in [0.25, 0.3) is 11.5 Å². The molecule has 0 saturated carbocycles. The van der Waals surface area contributed by atoms with Gasteiger partial charge in [-0.25, -0.2) is 0 Å². The van der Waals surface area contributed by atoms with E-state index in [4.69, 9.17) is 9.15 Å². The summed E-state index contributed by atoms with van der Waals surface area (Å²) in [4.78, 5) is 23.3. The first kappa shape index (κ1) is 21.4. The van der Waals surface area contributed by atoms with E-state index in [1.54, 1.807) is 20.8 Å². The van der Waals surface area contributed by atoms with E-state index in [1.165, 1.54) is 12.1 Å². The van der Waals surface area contributed by atoms with Gasteiger partial charge in [0.2, 0.25) is 11.8 Å². The SMILES string of the molecule is CC(C)(C)NC(=O)COC(=O)CCc1nnc(-c2cccc(C(F)(F)F)c2)o1. The topological polar surface area (TPSA) is 94.3 Å². The quantitative estimate of drug-likeness (QED) is 0.750. The lowest BCUT2D eigenvalue weighted by molar-refractivity contribution is -0.149. The standard InChI is InChI=1S/C18H20F3N3O4/c1-17(2,3)22-13(25)10-27-15(26)8-7-14-23-24-16(28-14)11-5-4-6-12(9-11)18(19,20)21/h4-6,9H,7-8,10H2,1-3H3,(H,22,25). The maximum absolute atomic E-state index is 12.8. The summed E-state index contributed by atoms with van der Waals surface area (Å²) in [5.74, 6) is -1.07. The molecule has 0 aliphatic rings. The van der Waals surface area contributed by atoms with Gasteiger partial charge in [-0.3, -0.25) is 9.59 Å². The molecule has 28 heavy (non-hydrogen) atoms. The number of halogens is 3. The highest BCUT2D eigenvalue weighted by molar-refractivity contribution is 5.81. The van der Waals surface area contributed by atoms with Crippen molar-refractivity contribution in [2.75, 3.05) is 6.61 Å². The van der Waals surface area contributed by atoms with Crippen molar-refractivity contribution in [3.63, 3.8) is 0 Å². The Morgan fingerprint density at radius 1 is 1.18 bits per heavy atom. The summed E-state index contributed by atoms with van der Waals surface area (Å²) in [5.41, 5.74) is -1.15. The second-order valence-corrected chi connectivity index (χ2v) is 7.04. The number of hydrogen-bond donors (Lipinski definition) is 1. The number of carbonyl (C=O) groups is 2. The van der Waals surface area contributed by atoms with Crippen molar-refractivity contribution in [2.45, 2.75) is 45.3 Å². The number of esters is 1. The molecule has 1 heterocycles. The Morgan fingerprint density at radius 2 is 1.89 bits per heavy atom. The Hall–Kier alpha value is -2.91. The van der Waals surface area contributed by atoms with E-state index in [2.05, 4.69) is 15.5 Å². The highest BCUT2D eigenvalue weighted by Crippen LogP contribution is 2.31. The molecule has 1 N–H and O–H groups in total. The third-order valence-electron chi connectivity index (χ3n) is 3.33. The molecule has 0 bridgehead atoms. The monoisotopic (exact) mass is 399 g/mol. The molecule has 0 atom stereocenters. The van der Waals surface area contributed by atoms with Gasteiger partial charge >= 0.3 is 12.1 Å². The van der Waals surface area contributed by atoms with Crippen LogP contribution in [0.3, 0.4) is 0 Å². The van der Waals surface area contributed by atoms with Gasteiger partial charge in [0.1, 0.15) is 0 Å². The van der Waals surface area contributed by atoms with Crippen LogP contribution in [0.15, 0.2) is 28.7 Å². The summed E-state index contributed by atoms with van der Waals surface area (Å²) >= 11 is 0. The van der Waals surface area contributed by atoms with Crippen LogP contribution in [0.5, 0.6) is 0 Å². The van der Waals surface area contributed by atoms with Gasteiger partial charge in [-0.05, 0) is 39.0 Å². The summed E-state index contributed by atoms with van der Waals surface area (Å²) < 4.78 is 48.5. The molecule has 7 nitrogen and oxygen atoms in total. The molecule has 2 rings (SSSR count). The fraction of sp³-hybridized carbons (Fsp3) is 0.444. The van der Waals surface area contributed by atoms with Crippen LogP contribution in [0.2, 0.25) is 0 Å². The smallest absolute Gasteiger partial charge is 0.416 e. The van der Waals surface area contributed by atoms with Crippen LogP contribution in [-0.4, -0.2) is 34.2 Å². The second-order valence-electron chi connectivity index (χ2n) is 7.04. The number of amides is 1. The van der Waals surface area contributed by atoms with Crippen LogP contribution >= 0.6 is 0 Å². The minimum atomic E-state index is -4.48. The highest BCUT2D eigenvalue weighted by Gasteiger charge is 2.30. The Labute approximate surface area is 159 Å². The number of nitrogens with zero attached hydrogens (tertiary/aromatic N) is 2. The van der Waals surface area contributed by atoms with Gasteiger partial charge in [0, 0.05) is 17.5 Å². The molecule has 1 amide bonds. The minimum Gasteiger partial charge on any atom is -0.456 e. The third-order valence-corrected chi connectivity index (χ3v) is 3.33. The summed E-state index contributed by atoms with van der Waals surface area (Å²) in [7, 11) is 0. The van der Waals surface area contributed by atoms with Gasteiger partial charge in [0.15, 0.2) is 6.61 Å². The normalized spacial score (nSPS) is 11.9. The van der Waals surface area contributed by atoms with Gasteiger partial charge in [-0.1, -0.05) is 6.07 Å². The number of benzene rings is 1. The van der Waals surface area contributed by atoms with Crippen molar-refractivity contribution in [2.24, 2.45) is 0 Å². The van der Waals surface area contributed by atoms with E-state index >= 15 is 0 Å². The molecule has 0 radical (unpaired) electrons. The first-order chi connectivity index (χ1) is 12.9. The zero-order chi connectivity index (χ0) is 20.9. The fourth-order valence-electron chi connectivity index (χ4n) is 2.18. The second kappa shape index (κ2) is 8.41. The molecule has 0 fully saturated rings. The predicted octanol–water partition coefficient (Wildman–Crippen LogP) is 3.15. The number of ether oxygens (including phenoxy) is 1. The van der Waals surface area contributed by atoms with Crippen LogP contribution in [-0.2, 0) is 26.9 Å². The van der Waals surface area contributed by atoms with Crippen LogP contribution in [0.1, 0.15) is 38.6 Å². The Balaban J connectivity index is 1.88. The molecule has 1 aromatic heterocycles. The molecule has 10 heteroatoms. The number of alkyl halides is 3. The van der Waals surface area contributed by atoms with Gasteiger partial charge in [-0.2, -0.15) is 13.2 Å². The van der Waals surface area contributed by atoms with Gasteiger partial charge in [0.25, 0.3) is 5.91 Å². The fourth-order valence-corrected chi connectivity index (χ4v) is 2.18. The number of nitrogens with one attached hydrogen (secondary N) is 1. The minimum absolute atomic E-state index is 0.0334. The predicted molar refractivity (Wildman–Crippen MR) is 91.9 cm³/mol. The zero-order valence-electron chi connectivity index (χ0n) is 15.6. The maximum atomic E-state index is 12.8. The Bertz CT molecular complexity index is 841. The maximum Gasteiger partial charge on any atom is 0.416 e. The molecular weight excluding hydrogens is 379 g/mol. The van der Waals surface area contributed by atoms with Crippen LogP contribution in [0, 0.1) is 0 Å². The number of hydrogen-bond acceptors (Lipinski definition) is 6. The Morgan fingerprint density at radius 3 is 2.54 bits per heavy atom. The largest absolute Gasteiger partial charge is 0.456 e. The molecule has 1 aromatic carbocycles. The van der Waals surface area contributed by atoms with Crippen molar-refractivity contribution < 1.29 is 31.9 Å².